The minimum absolute atomic E-state index is 0.0924. The molecule has 0 bridgehead atoms. The van der Waals surface area contributed by atoms with Gasteiger partial charge in [-0.25, -0.2) is 0 Å². The lowest BCUT2D eigenvalue weighted by Crippen LogP contribution is -2.23. The summed E-state index contributed by atoms with van der Waals surface area (Å²) in [5, 5.41) is 2.95. The van der Waals surface area contributed by atoms with E-state index in [-0.39, 0.29) is 5.91 Å². The summed E-state index contributed by atoms with van der Waals surface area (Å²) in [6.07, 6.45) is 3.76. The van der Waals surface area contributed by atoms with Gasteiger partial charge in [-0.2, -0.15) is 0 Å². The summed E-state index contributed by atoms with van der Waals surface area (Å²) in [4.78, 5) is 11.9. The smallest absolute Gasteiger partial charge is 0.224 e. The lowest BCUT2D eigenvalue weighted by atomic mass is 9.98. The average molecular weight is 247 g/mol. The van der Waals surface area contributed by atoms with E-state index in [1.165, 1.54) is 5.56 Å². The van der Waals surface area contributed by atoms with Crippen LogP contribution in [0.5, 0.6) is 0 Å². The van der Waals surface area contributed by atoms with Gasteiger partial charge < -0.3 is 10.1 Å². The number of nitrogens with one attached hydrogen (secondary N) is 1. The van der Waals surface area contributed by atoms with Crippen LogP contribution in [-0.4, -0.2) is 19.1 Å². The van der Waals surface area contributed by atoms with Crippen molar-refractivity contribution in [2.24, 2.45) is 5.92 Å². The molecule has 1 aromatic carbocycles. The zero-order valence-electron chi connectivity index (χ0n) is 10.9. The Morgan fingerprint density at radius 3 is 2.78 bits per heavy atom. The van der Waals surface area contributed by atoms with Crippen molar-refractivity contribution >= 4 is 11.6 Å². The van der Waals surface area contributed by atoms with Crippen LogP contribution in [0.3, 0.4) is 0 Å². The number of ether oxygens (including phenoxy) is 1. The minimum atomic E-state index is 0.0924. The Bertz CT molecular complexity index is 380. The molecule has 1 aliphatic heterocycles. The summed E-state index contributed by atoms with van der Waals surface area (Å²) in [5.41, 5.74) is 2.17. The van der Waals surface area contributed by atoms with Gasteiger partial charge in [-0.1, -0.05) is 19.1 Å². The maximum atomic E-state index is 11.9. The van der Waals surface area contributed by atoms with Crippen molar-refractivity contribution in [1.29, 1.82) is 0 Å². The second-order valence-electron chi connectivity index (χ2n) is 4.89. The normalized spacial score (nSPS) is 19.5. The maximum Gasteiger partial charge on any atom is 0.224 e. The first-order valence-corrected chi connectivity index (χ1v) is 6.74. The Kier molecular flexibility index (Phi) is 4.76. The number of amides is 1. The number of hydrogen-bond donors (Lipinski definition) is 1. The van der Waals surface area contributed by atoms with Crippen LogP contribution < -0.4 is 5.32 Å². The van der Waals surface area contributed by atoms with Crippen LogP contribution in [0.25, 0.3) is 0 Å². The third-order valence-corrected chi connectivity index (χ3v) is 3.37. The van der Waals surface area contributed by atoms with Crippen molar-refractivity contribution in [3.8, 4) is 0 Å². The quantitative estimate of drug-likeness (QED) is 0.888. The van der Waals surface area contributed by atoms with Crippen molar-refractivity contribution < 1.29 is 9.53 Å². The van der Waals surface area contributed by atoms with E-state index in [4.69, 9.17) is 4.74 Å². The molecule has 18 heavy (non-hydrogen) atoms. The molecule has 1 unspecified atom stereocenters. The highest BCUT2D eigenvalue weighted by Crippen LogP contribution is 2.18. The molecular formula is C15H21NO2. The largest absolute Gasteiger partial charge is 0.381 e. The van der Waals surface area contributed by atoms with E-state index in [0.717, 1.165) is 38.2 Å². The van der Waals surface area contributed by atoms with Crippen molar-refractivity contribution in [2.45, 2.75) is 32.6 Å². The Morgan fingerprint density at radius 2 is 2.17 bits per heavy atom. The van der Waals surface area contributed by atoms with Gasteiger partial charge in [0, 0.05) is 25.3 Å². The highest BCUT2D eigenvalue weighted by atomic mass is 16.5. The van der Waals surface area contributed by atoms with Gasteiger partial charge >= 0.3 is 0 Å². The molecule has 1 fully saturated rings. The number of aryl methyl sites for hydroxylation is 1. The van der Waals surface area contributed by atoms with Gasteiger partial charge in [0.05, 0.1) is 0 Å². The van der Waals surface area contributed by atoms with Gasteiger partial charge in [0.2, 0.25) is 5.91 Å². The van der Waals surface area contributed by atoms with Gasteiger partial charge in [-0.05, 0) is 42.9 Å². The monoisotopic (exact) mass is 247 g/mol. The SMILES string of the molecule is CCc1ccc(NC(=O)CC2CCCOC2)cc1. The topological polar surface area (TPSA) is 38.3 Å². The average Bonchev–Trinajstić information content (AvgIpc) is 2.40. The molecular weight excluding hydrogens is 226 g/mol. The van der Waals surface area contributed by atoms with Crippen molar-refractivity contribution in [3.63, 3.8) is 0 Å². The third-order valence-electron chi connectivity index (χ3n) is 3.37. The maximum absolute atomic E-state index is 11.9. The predicted molar refractivity (Wildman–Crippen MR) is 72.6 cm³/mol. The first-order valence-electron chi connectivity index (χ1n) is 6.74. The molecule has 3 nitrogen and oxygen atoms in total. The van der Waals surface area contributed by atoms with Gasteiger partial charge in [-0.3, -0.25) is 4.79 Å². The second-order valence-corrected chi connectivity index (χ2v) is 4.89. The van der Waals surface area contributed by atoms with Gasteiger partial charge in [0.25, 0.3) is 0 Å². The molecule has 1 atom stereocenters. The molecule has 0 aliphatic carbocycles. The number of carbonyl (C=O) groups excluding carboxylic acids is 1. The fourth-order valence-electron chi connectivity index (χ4n) is 2.27. The molecule has 2 rings (SSSR count). The van der Waals surface area contributed by atoms with E-state index in [1.54, 1.807) is 0 Å². The lowest BCUT2D eigenvalue weighted by molar-refractivity contribution is -0.118. The van der Waals surface area contributed by atoms with Gasteiger partial charge in [0.1, 0.15) is 0 Å². The highest BCUT2D eigenvalue weighted by molar-refractivity contribution is 5.90. The van der Waals surface area contributed by atoms with E-state index in [0.29, 0.717) is 12.3 Å². The van der Waals surface area contributed by atoms with E-state index in [2.05, 4.69) is 24.4 Å². The highest BCUT2D eigenvalue weighted by Gasteiger charge is 2.17. The number of benzene rings is 1. The van der Waals surface area contributed by atoms with Crippen molar-refractivity contribution in [3.05, 3.63) is 29.8 Å². The summed E-state index contributed by atoms with van der Waals surface area (Å²) in [7, 11) is 0. The van der Waals surface area contributed by atoms with Crippen LogP contribution in [0.15, 0.2) is 24.3 Å². The first kappa shape index (κ1) is 13.1. The Morgan fingerprint density at radius 1 is 1.39 bits per heavy atom. The summed E-state index contributed by atoms with van der Waals surface area (Å²) in [5.74, 6) is 0.475. The molecule has 1 heterocycles. The minimum Gasteiger partial charge on any atom is -0.381 e. The van der Waals surface area contributed by atoms with Crippen LogP contribution in [-0.2, 0) is 16.0 Å². The molecule has 1 N–H and O–H groups in total. The van der Waals surface area contributed by atoms with E-state index in [1.807, 2.05) is 12.1 Å². The molecule has 1 amide bonds. The molecule has 98 valence electrons. The molecule has 0 spiro atoms. The number of hydrogen-bond acceptors (Lipinski definition) is 2. The second kappa shape index (κ2) is 6.55. The first-order chi connectivity index (χ1) is 8.78. The fourth-order valence-corrected chi connectivity index (χ4v) is 2.27. The Balaban J connectivity index is 1.82. The molecule has 0 saturated carbocycles. The number of anilines is 1. The van der Waals surface area contributed by atoms with E-state index in [9.17, 15) is 4.79 Å². The van der Waals surface area contributed by atoms with E-state index < -0.39 is 0 Å². The molecule has 3 heteroatoms. The summed E-state index contributed by atoms with van der Waals surface area (Å²) in [6.45, 7) is 3.69. The third kappa shape index (κ3) is 3.84. The van der Waals surface area contributed by atoms with E-state index >= 15 is 0 Å². The summed E-state index contributed by atoms with van der Waals surface area (Å²) < 4.78 is 5.38. The number of rotatable bonds is 4. The lowest BCUT2D eigenvalue weighted by Gasteiger charge is -2.21. The van der Waals surface area contributed by atoms with Crippen molar-refractivity contribution in [2.75, 3.05) is 18.5 Å². The predicted octanol–water partition coefficient (Wildman–Crippen LogP) is 3.00. The fraction of sp³-hybridized carbons (Fsp3) is 0.533. The van der Waals surface area contributed by atoms with Crippen LogP contribution in [0, 0.1) is 5.92 Å². The Labute approximate surface area is 109 Å². The van der Waals surface area contributed by atoms with Crippen LogP contribution >= 0.6 is 0 Å². The molecule has 1 aromatic rings. The summed E-state index contributed by atoms with van der Waals surface area (Å²) >= 11 is 0. The zero-order chi connectivity index (χ0) is 12.8. The molecule has 0 aromatic heterocycles. The molecule has 1 saturated heterocycles. The standard InChI is InChI=1S/C15H21NO2/c1-2-12-5-7-14(8-6-12)16-15(17)10-13-4-3-9-18-11-13/h5-8,13H,2-4,9-11H2,1H3,(H,16,17). The van der Waals surface area contributed by atoms with Gasteiger partial charge in [0.15, 0.2) is 0 Å². The van der Waals surface area contributed by atoms with Crippen LogP contribution in [0.2, 0.25) is 0 Å². The molecule has 1 aliphatic rings. The zero-order valence-corrected chi connectivity index (χ0v) is 10.9. The Hall–Kier alpha value is -1.35. The van der Waals surface area contributed by atoms with Gasteiger partial charge in [-0.15, -0.1) is 0 Å². The van der Waals surface area contributed by atoms with Crippen LogP contribution in [0.1, 0.15) is 31.7 Å². The number of carbonyl (C=O) groups is 1. The summed E-state index contributed by atoms with van der Waals surface area (Å²) in [6, 6.07) is 8.04. The van der Waals surface area contributed by atoms with Crippen molar-refractivity contribution in [1.82, 2.24) is 0 Å². The van der Waals surface area contributed by atoms with Crippen LogP contribution in [0.4, 0.5) is 5.69 Å². The molecule has 0 radical (unpaired) electrons.